The number of halogens is 2. The van der Waals surface area contributed by atoms with Crippen LogP contribution in [-0.4, -0.2) is 19.2 Å². The van der Waals surface area contributed by atoms with Crippen LogP contribution in [0.2, 0.25) is 0 Å². The van der Waals surface area contributed by atoms with Crippen molar-refractivity contribution in [1.82, 2.24) is 5.32 Å². The highest BCUT2D eigenvalue weighted by atomic mass is 79.9. The molecule has 1 N–H and O–H groups in total. The highest BCUT2D eigenvalue weighted by molar-refractivity contribution is 9.10. The smallest absolute Gasteiger partial charge is 0.141 e. The average molecular weight is 274 g/mol. The molecule has 1 aromatic rings. The van der Waals surface area contributed by atoms with Crippen LogP contribution in [0, 0.1) is 5.82 Å². The van der Waals surface area contributed by atoms with Crippen molar-refractivity contribution in [3.63, 3.8) is 0 Å². The van der Waals surface area contributed by atoms with Crippen molar-refractivity contribution in [2.24, 2.45) is 0 Å². The molecule has 0 saturated carbocycles. The fourth-order valence-electron chi connectivity index (χ4n) is 1.66. The number of hydrogen-bond acceptors (Lipinski definition) is 2. The molecule has 0 spiro atoms. The molecular formula is C11H13BrFNO. The van der Waals surface area contributed by atoms with E-state index in [1.165, 1.54) is 12.5 Å². The topological polar surface area (TPSA) is 21.3 Å². The average Bonchev–Trinajstić information content (AvgIpc) is 2.73. The molecule has 15 heavy (non-hydrogen) atoms. The van der Waals surface area contributed by atoms with Crippen molar-refractivity contribution in [2.45, 2.75) is 18.9 Å². The Kier molecular flexibility index (Phi) is 3.59. The van der Waals surface area contributed by atoms with Crippen molar-refractivity contribution in [3.8, 4) is 5.75 Å². The summed E-state index contributed by atoms with van der Waals surface area (Å²) in [5.41, 5.74) is 0. The lowest BCUT2D eigenvalue weighted by Gasteiger charge is -2.12. The second-order valence-electron chi connectivity index (χ2n) is 3.68. The van der Waals surface area contributed by atoms with Gasteiger partial charge in [0, 0.05) is 12.1 Å². The van der Waals surface area contributed by atoms with Gasteiger partial charge in [-0.2, -0.15) is 0 Å². The summed E-state index contributed by atoms with van der Waals surface area (Å²) < 4.78 is 19.1. The first-order valence-electron chi connectivity index (χ1n) is 5.07. The van der Waals surface area contributed by atoms with E-state index in [1.807, 2.05) is 0 Å². The van der Waals surface area contributed by atoms with E-state index < -0.39 is 0 Å². The van der Waals surface area contributed by atoms with Gasteiger partial charge in [0.1, 0.15) is 18.2 Å². The molecule has 0 aliphatic carbocycles. The maximum absolute atomic E-state index is 13.1. The molecule has 0 unspecified atom stereocenters. The SMILES string of the molecule is Fc1cc(OC[C@H]2CCCN2)ccc1Br. The summed E-state index contributed by atoms with van der Waals surface area (Å²) in [6.07, 6.45) is 2.34. The summed E-state index contributed by atoms with van der Waals surface area (Å²) in [6.45, 7) is 1.67. The molecule has 1 aromatic carbocycles. The normalized spacial score (nSPS) is 20.5. The number of hydrogen-bond donors (Lipinski definition) is 1. The zero-order valence-electron chi connectivity index (χ0n) is 8.30. The Labute approximate surface area is 96.9 Å². The van der Waals surface area contributed by atoms with Gasteiger partial charge in [0.25, 0.3) is 0 Å². The minimum atomic E-state index is -0.285. The van der Waals surface area contributed by atoms with Crippen LogP contribution in [0.25, 0.3) is 0 Å². The lowest BCUT2D eigenvalue weighted by molar-refractivity contribution is 0.276. The van der Waals surface area contributed by atoms with Crippen molar-refractivity contribution in [1.29, 1.82) is 0 Å². The first kappa shape index (κ1) is 10.9. The molecule has 0 aromatic heterocycles. The van der Waals surface area contributed by atoms with Crippen LogP contribution in [0.1, 0.15) is 12.8 Å². The lowest BCUT2D eigenvalue weighted by Crippen LogP contribution is -2.28. The van der Waals surface area contributed by atoms with Crippen molar-refractivity contribution in [3.05, 3.63) is 28.5 Å². The molecular weight excluding hydrogens is 261 g/mol. The molecule has 1 aliphatic rings. The molecule has 4 heteroatoms. The third-order valence-electron chi connectivity index (χ3n) is 2.50. The molecule has 1 aliphatic heterocycles. The third-order valence-corrected chi connectivity index (χ3v) is 3.15. The van der Waals surface area contributed by atoms with Crippen molar-refractivity contribution < 1.29 is 9.13 Å². The van der Waals surface area contributed by atoms with Crippen LogP contribution in [-0.2, 0) is 0 Å². The predicted molar refractivity (Wildman–Crippen MR) is 60.6 cm³/mol. The van der Waals surface area contributed by atoms with E-state index in [1.54, 1.807) is 12.1 Å². The van der Waals surface area contributed by atoms with Gasteiger partial charge in [0.15, 0.2) is 0 Å². The summed E-state index contributed by atoms with van der Waals surface area (Å²) >= 11 is 3.10. The van der Waals surface area contributed by atoms with Crippen LogP contribution in [0.5, 0.6) is 5.75 Å². The Morgan fingerprint density at radius 2 is 2.40 bits per heavy atom. The van der Waals surface area contributed by atoms with E-state index in [2.05, 4.69) is 21.2 Å². The lowest BCUT2D eigenvalue weighted by atomic mass is 10.2. The summed E-state index contributed by atoms with van der Waals surface area (Å²) in [7, 11) is 0. The first-order chi connectivity index (χ1) is 7.25. The molecule has 0 radical (unpaired) electrons. The van der Waals surface area contributed by atoms with E-state index in [9.17, 15) is 4.39 Å². The Balaban J connectivity index is 1.90. The zero-order chi connectivity index (χ0) is 10.7. The molecule has 2 nitrogen and oxygen atoms in total. The van der Waals surface area contributed by atoms with Gasteiger partial charge in [-0.3, -0.25) is 0 Å². The molecule has 1 fully saturated rings. The largest absolute Gasteiger partial charge is 0.492 e. The second-order valence-corrected chi connectivity index (χ2v) is 4.53. The summed E-state index contributed by atoms with van der Waals surface area (Å²) in [6, 6.07) is 5.24. The van der Waals surface area contributed by atoms with Gasteiger partial charge in [0.05, 0.1) is 4.47 Å². The summed E-state index contributed by atoms with van der Waals surface area (Å²) in [5, 5.41) is 3.32. The highest BCUT2D eigenvalue weighted by Gasteiger charge is 2.14. The minimum Gasteiger partial charge on any atom is -0.492 e. The van der Waals surface area contributed by atoms with E-state index in [-0.39, 0.29) is 5.82 Å². The van der Waals surface area contributed by atoms with Gasteiger partial charge in [-0.25, -0.2) is 4.39 Å². The van der Waals surface area contributed by atoms with Crippen molar-refractivity contribution >= 4 is 15.9 Å². The number of ether oxygens (including phenoxy) is 1. The Morgan fingerprint density at radius 1 is 1.53 bits per heavy atom. The Bertz CT molecular complexity index is 339. The van der Waals surface area contributed by atoms with Crippen LogP contribution >= 0.6 is 15.9 Å². The molecule has 2 rings (SSSR count). The Hall–Kier alpha value is -0.610. The predicted octanol–water partition coefficient (Wildman–Crippen LogP) is 2.72. The Morgan fingerprint density at radius 3 is 3.07 bits per heavy atom. The number of benzene rings is 1. The quantitative estimate of drug-likeness (QED) is 0.915. The minimum absolute atomic E-state index is 0.285. The number of nitrogens with one attached hydrogen (secondary N) is 1. The molecule has 1 saturated heterocycles. The third kappa shape index (κ3) is 2.92. The second kappa shape index (κ2) is 4.94. The van der Waals surface area contributed by atoms with E-state index in [4.69, 9.17) is 4.74 Å². The summed E-state index contributed by atoms with van der Waals surface area (Å²) in [5.74, 6) is 0.302. The van der Waals surface area contributed by atoms with E-state index in [0.29, 0.717) is 22.9 Å². The van der Waals surface area contributed by atoms with Gasteiger partial charge in [-0.05, 0) is 47.4 Å². The maximum Gasteiger partial charge on any atom is 0.141 e. The van der Waals surface area contributed by atoms with Gasteiger partial charge in [0.2, 0.25) is 0 Å². The van der Waals surface area contributed by atoms with Gasteiger partial charge in [-0.15, -0.1) is 0 Å². The van der Waals surface area contributed by atoms with Crippen LogP contribution < -0.4 is 10.1 Å². The fourth-order valence-corrected chi connectivity index (χ4v) is 1.91. The standard InChI is InChI=1S/C11H13BrFNO/c12-10-4-3-9(6-11(10)13)15-7-8-2-1-5-14-8/h3-4,6,8,14H,1-2,5,7H2/t8-/m1/s1. The van der Waals surface area contributed by atoms with Gasteiger partial charge in [-0.1, -0.05) is 0 Å². The fraction of sp³-hybridized carbons (Fsp3) is 0.455. The van der Waals surface area contributed by atoms with E-state index in [0.717, 1.165) is 13.0 Å². The van der Waals surface area contributed by atoms with Gasteiger partial charge >= 0.3 is 0 Å². The molecule has 1 heterocycles. The highest BCUT2D eigenvalue weighted by Crippen LogP contribution is 2.21. The first-order valence-corrected chi connectivity index (χ1v) is 5.86. The molecule has 0 amide bonds. The van der Waals surface area contributed by atoms with Crippen LogP contribution in [0.15, 0.2) is 22.7 Å². The molecule has 1 atom stereocenters. The van der Waals surface area contributed by atoms with Gasteiger partial charge < -0.3 is 10.1 Å². The number of rotatable bonds is 3. The van der Waals surface area contributed by atoms with E-state index >= 15 is 0 Å². The van der Waals surface area contributed by atoms with Crippen LogP contribution in [0.3, 0.4) is 0 Å². The molecule has 0 bridgehead atoms. The van der Waals surface area contributed by atoms with Crippen LogP contribution in [0.4, 0.5) is 4.39 Å². The monoisotopic (exact) mass is 273 g/mol. The zero-order valence-corrected chi connectivity index (χ0v) is 9.89. The molecule has 82 valence electrons. The summed E-state index contributed by atoms with van der Waals surface area (Å²) in [4.78, 5) is 0. The van der Waals surface area contributed by atoms with Crippen molar-refractivity contribution in [2.75, 3.05) is 13.2 Å². The maximum atomic E-state index is 13.1.